The highest BCUT2D eigenvalue weighted by Gasteiger charge is 2.23. The molecule has 9 heteroatoms. The summed E-state index contributed by atoms with van der Waals surface area (Å²) in [7, 11) is 0. The zero-order valence-electron chi connectivity index (χ0n) is 12.9. The molecule has 0 aliphatic heterocycles. The molecule has 0 saturated carbocycles. The van der Waals surface area contributed by atoms with E-state index in [1.165, 1.54) is 6.33 Å². The smallest absolute Gasteiger partial charge is 0.353 e. The summed E-state index contributed by atoms with van der Waals surface area (Å²) < 4.78 is 0. The average Bonchev–Trinajstić information content (AvgIpc) is 2.62. The monoisotopic (exact) mass is 356 g/mol. The van der Waals surface area contributed by atoms with E-state index in [-0.39, 0.29) is 17.3 Å². The van der Waals surface area contributed by atoms with Crippen LogP contribution < -0.4 is 10.6 Å². The van der Waals surface area contributed by atoms with Gasteiger partial charge in [-0.25, -0.2) is 9.97 Å². The maximum Gasteiger partial charge on any atom is 0.353 e. The largest absolute Gasteiger partial charge is 0.360 e. The fraction of sp³-hybridized carbons (Fsp3) is 0.0625. The van der Waals surface area contributed by atoms with Crippen molar-refractivity contribution in [2.75, 3.05) is 10.6 Å². The van der Waals surface area contributed by atoms with Crippen LogP contribution in [-0.4, -0.2) is 19.9 Å². The zero-order chi connectivity index (χ0) is 17.6. The Morgan fingerprint density at radius 3 is 2.52 bits per heavy atom. The summed E-state index contributed by atoms with van der Waals surface area (Å²) in [4.78, 5) is 22.9. The van der Waals surface area contributed by atoms with E-state index in [0.717, 1.165) is 5.56 Å². The Morgan fingerprint density at radius 2 is 1.80 bits per heavy atom. The second-order valence-electron chi connectivity index (χ2n) is 4.98. The van der Waals surface area contributed by atoms with Crippen LogP contribution in [0.3, 0.4) is 0 Å². The number of rotatable bonds is 6. The number of nitrogens with zero attached hydrogens (tertiary/aromatic N) is 4. The first-order chi connectivity index (χ1) is 12.1. The van der Waals surface area contributed by atoms with Gasteiger partial charge in [0.1, 0.15) is 6.33 Å². The van der Waals surface area contributed by atoms with Gasteiger partial charge in [-0.05, 0) is 23.8 Å². The molecule has 0 saturated heterocycles. The van der Waals surface area contributed by atoms with Gasteiger partial charge in [0, 0.05) is 29.6 Å². The summed E-state index contributed by atoms with van der Waals surface area (Å²) in [5.74, 6) is 0.198. The van der Waals surface area contributed by atoms with E-state index in [1.54, 1.807) is 30.6 Å². The molecule has 0 aliphatic rings. The third-order valence-electron chi connectivity index (χ3n) is 3.35. The van der Waals surface area contributed by atoms with Crippen molar-refractivity contribution in [1.29, 1.82) is 0 Å². The van der Waals surface area contributed by atoms with Gasteiger partial charge in [0.25, 0.3) is 0 Å². The normalized spacial score (nSPS) is 10.3. The predicted octanol–water partition coefficient (Wildman–Crippen LogP) is 3.79. The van der Waals surface area contributed by atoms with Crippen LogP contribution in [0.2, 0.25) is 5.02 Å². The molecule has 0 aliphatic carbocycles. The van der Waals surface area contributed by atoms with Crippen molar-refractivity contribution in [2.24, 2.45) is 0 Å². The number of halogens is 1. The maximum absolute atomic E-state index is 11.5. The van der Waals surface area contributed by atoms with E-state index < -0.39 is 4.92 Å². The Labute approximate surface area is 148 Å². The van der Waals surface area contributed by atoms with Crippen molar-refractivity contribution in [3.05, 3.63) is 75.8 Å². The van der Waals surface area contributed by atoms with Crippen LogP contribution >= 0.6 is 11.6 Å². The summed E-state index contributed by atoms with van der Waals surface area (Å²) in [6.07, 6.45) is 4.41. The summed E-state index contributed by atoms with van der Waals surface area (Å²) >= 11 is 6.11. The molecule has 126 valence electrons. The minimum absolute atomic E-state index is 0.0906. The molecule has 1 aromatic carbocycles. The zero-order valence-corrected chi connectivity index (χ0v) is 13.6. The Balaban J connectivity index is 1.87. The minimum atomic E-state index is -0.529. The van der Waals surface area contributed by atoms with E-state index in [2.05, 4.69) is 25.6 Å². The molecular weight excluding hydrogens is 344 g/mol. The fourth-order valence-corrected chi connectivity index (χ4v) is 2.37. The molecule has 2 aromatic heterocycles. The molecular formula is C16H13ClN6O2. The van der Waals surface area contributed by atoms with E-state index in [4.69, 9.17) is 11.6 Å². The highest BCUT2D eigenvalue weighted by atomic mass is 35.5. The quantitative estimate of drug-likeness (QED) is 0.511. The fourth-order valence-electron chi connectivity index (χ4n) is 2.17. The van der Waals surface area contributed by atoms with Crippen molar-refractivity contribution < 1.29 is 4.92 Å². The number of pyridine rings is 1. The molecule has 0 atom stereocenters. The van der Waals surface area contributed by atoms with Gasteiger partial charge in [-0.2, -0.15) is 0 Å². The van der Waals surface area contributed by atoms with Gasteiger partial charge in [-0.3, -0.25) is 15.1 Å². The Kier molecular flexibility index (Phi) is 5.00. The molecule has 25 heavy (non-hydrogen) atoms. The Morgan fingerprint density at radius 1 is 1.08 bits per heavy atom. The number of benzene rings is 1. The van der Waals surface area contributed by atoms with Crippen LogP contribution in [0.4, 0.5) is 23.0 Å². The van der Waals surface area contributed by atoms with Gasteiger partial charge < -0.3 is 10.6 Å². The number of nitrogens with one attached hydrogen (secondary N) is 2. The molecule has 0 unspecified atom stereocenters. The number of anilines is 3. The van der Waals surface area contributed by atoms with Crippen molar-refractivity contribution in [3.8, 4) is 0 Å². The average molecular weight is 357 g/mol. The SMILES string of the molecule is O=[N+]([O-])c1c(NCc2ccccc2Cl)ncnc1Nc1ccncc1. The van der Waals surface area contributed by atoms with Crippen LogP contribution in [0, 0.1) is 10.1 Å². The second-order valence-corrected chi connectivity index (χ2v) is 5.39. The van der Waals surface area contributed by atoms with E-state index in [9.17, 15) is 10.1 Å². The molecule has 8 nitrogen and oxygen atoms in total. The van der Waals surface area contributed by atoms with Gasteiger partial charge in [0.15, 0.2) is 0 Å². The predicted molar refractivity (Wildman–Crippen MR) is 95.0 cm³/mol. The molecule has 0 spiro atoms. The summed E-state index contributed by atoms with van der Waals surface area (Å²) in [5, 5.41) is 17.9. The van der Waals surface area contributed by atoms with Gasteiger partial charge in [-0.15, -0.1) is 0 Å². The lowest BCUT2D eigenvalue weighted by atomic mass is 10.2. The van der Waals surface area contributed by atoms with Gasteiger partial charge in [0.2, 0.25) is 11.6 Å². The molecule has 2 heterocycles. The van der Waals surface area contributed by atoms with Crippen molar-refractivity contribution in [2.45, 2.75) is 6.54 Å². The summed E-state index contributed by atoms with van der Waals surface area (Å²) in [5.41, 5.74) is 1.20. The van der Waals surface area contributed by atoms with Crippen molar-refractivity contribution >= 4 is 34.6 Å². The third-order valence-corrected chi connectivity index (χ3v) is 3.72. The third kappa shape index (κ3) is 3.99. The van der Waals surface area contributed by atoms with Crippen molar-refractivity contribution in [1.82, 2.24) is 15.0 Å². The highest BCUT2D eigenvalue weighted by molar-refractivity contribution is 6.31. The maximum atomic E-state index is 11.5. The lowest BCUT2D eigenvalue weighted by molar-refractivity contribution is -0.383. The second kappa shape index (κ2) is 7.54. The molecule has 0 amide bonds. The van der Waals surface area contributed by atoms with Gasteiger partial charge in [0.05, 0.1) is 4.92 Å². The van der Waals surface area contributed by atoms with Gasteiger partial charge in [-0.1, -0.05) is 29.8 Å². The first-order valence-corrected chi connectivity index (χ1v) is 7.66. The molecule has 0 fully saturated rings. The Hall–Kier alpha value is -3.26. The summed E-state index contributed by atoms with van der Waals surface area (Å²) in [6, 6.07) is 10.6. The number of aromatic nitrogens is 3. The highest BCUT2D eigenvalue weighted by Crippen LogP contribution is 2.31. The van der Waals surface area contributed by atoms with Crippen LogP contribution in [0.5, 0.6) is 0 Å². The number of hydrogen-bond acceptors (Lipinski definition) is 7. The molecule has 0 bridgehead atoms. The van der Waals surface area contributed by atoms with E-state index in [0.29, 0.717) is 17.3 Å². The summed E-state index contributed by atoms with van der Waals surface area (Å²) in [6.45, 7) is 0.298. The van der Waals surface area contributed by atoms with Crippen LogP contribution in [-0.2, 0) is 6.54 Å². The molecule has 3 aromatic rings. The van der Waals surface area contributed by atoms with Crippen LogP contribution in [0.25, 0.3) is 0 Å². The lowest BCUT2D eigenvalue weighted by Gasteiger charge is -2.10. The standard InChI is InChI=1S/C16H13ClN6O2/c17-13-4-2-1-3-11(13)9-19-15-14(23(24)25)16(21-10-20-15)22-12-5-7-18-8-6-12/h1-8,10H,9H2,(H2,18,19,20,21,22). The molecule has 0 radical (unpaired) electrons. The number of hydrogen-bond donors (Lipinski definition) is 2. The lowest BCUT2D eigenvalue weighted by Crippen LogP contribution is -2.08. The van der Waals surface area contributed by atoms with Crippen LogP contribution in [0.15, 0.2) is 55.1 Å². The molecule has 2 N–H and O–H groups in total. The van der Waals surface area contributed by atoms with Gasteiger partial charge >= 0.3 is 5.69 Å². The first-order valence-electron chi connectivity index (χ1n) is 7.29. The topological polar surface area (TPSA) is 106 Å². The van der Waals surface area contributed by atoms with Crippen LogP contribution in [0.1, 0.15) is 5.56 Å². The Bertz CT molecular complexity index is 891. The minimum Gasteiger partial charge on any atom is -0.360 e. The number of nitro groups is 1. The van der Waals surface area contributed by atoms with Crippen molar-refractivity contribution in [3.63, 3.8) is 0 Å². The molecule has 3 rings (SSSR count). The van der Waals surface area contributed by atoms with E-state index >= 15 is 0 Å². The van der Waals surface area contributed by atoms with E-state index in [1.807, 2.05) is 18.2 Å². The first kappa shape index (κ1) is 16.6.